The molecule has 0 aromatic rings. The molecule has 0 aliphatic carbocycles. The molecule has 0 atom stereocenters. The summed E-state index contributed by atoms with van der Waals surface area (Å²) in [5.74, 6) is 2.88. The van der Waals surface area contributed by atoms with Crippen molar-refractivity contribution >= 4 is 20.9 Å². The van der Waals surface area contributed by atoms with Crippen molar-refractivity contribution in [3.05, 3.63) is 0 Å². The zero-order valence-corrected chi connectivity index (χ0v) is 6.45. The molecule has 0 radical (unpaired) electrons. The van der Waals surface area contributed by atoms with Crippen LogP contribution in [0.3, 0.4) is 0 Å². The van der Waals surface area contributed by atoms with Crippen molar-refractivity contribution in [3.63, 3.8) is 0 Å². The second kappa shape index (κ2) is 5.35. The second-order valence-electron chi connectivity index (χ2n) is 0.785. The van der Waals surface area contributed by atoms with Crippen LogP contribution < -0.4 is 0 Å². The van der Waals surface area contributed by atoms with E-state index in [9.17, 15) is 0 Å². The van der Waals surface area contributed by atoms with E-state index in [1.165, 1.54) is 4.47 Å². The van der Waals surface area contributed by atoms with Crippen LogP contribution >= 0.6 is 0 Å². The van der Waals surface area contributed by atoms with E-state index in [0.29, 0.717) is 0 Å². The molecule has 0 bridgehead atoms. The van der Waals surface area contributed by atoms with Crippen molar-refractivity contribution in [1.82, 2.24) is 0 Å². The monoisotopic (exact) mass is 198 g/mol. The van der Waals surface area contributed by atoms with Gasteiger partial charge in [0.2, 0.25) is 0 Å². The van der Waals surface area contributed by atoms with Crippen LogP contribution in [0.15, 0.2) is 0 Å². The molecule has 0 aliphatic rings. The van der Waals surface area contributed by atoms with Gasteiger partial charge in [-0.05, 0) is 0 Å². The molecule has 0 fully saturated rings. The van der Waals surface area contributed by atoms with Crippen LogP contribution in [-0.2, 0) is 0 Å². The molecule has 6 heavy (non-hydrogen) atoms. The van der Waals surface area contributed by atoms with Gasteiger partial charge in [0.05, 0.1) is 0 Å². The zero-order chi connectivity index (χ0) is 4.83. The molecule has 0 saturated carbocycles. The average molecular weight is 196 g/mol. The summed E-state index contributed by atoms with van der Waals surface area (Å²) in [4.78, 5) is 0. The first-order valence-electron chi connectivity index (χ1n) is 1.95. The first kappa shape index (κ1) is 6.35. The molecule has 0 unspecified atom stereocenters. The van der Waals surface area contributed by atoms with Gasteiger partial charge >= 0.3 is 49.1 Å². The molecule has 0 nitrogen and oxygen atoms in total. The van der Waals surface area contributed by atoms with Crippen LogP contribution in [-0.4, -0.2) is 20.9 Å². The fourth-order valence-corrected chi connectivity index (χ4v) is 0.968. The Hall–Kier alpha value is 0.350. The number of hydrogen-bond acceptors (Lipinski definition) is 0. The van der Waals surface area contributed by atoms with Crippen LogP contribution in [0.5, 0.6) is 0 Å². The van der Waals surface area contributed by atoms with Crippen molar-refractivity contribution in [2.45, 2.75) is 18.3 Å². The van der Waals surface area contributed by atoms with Gasteiger partial charge in [-0.2, -0.15) is 0 Å². The Kier molecular flexibility index (Phi) is 5.66. The van der Waals surface area contributed by atoms with Crippen molar-refractivity contribution in [2.24, 2.45) is 0 Å². The summed E-state index contributed by atoms with van der Waals surface area (Å²) in [6.07, 6.45) is 0. The van der Waals surface area contributed by atoms with Gasteiger partial charge in [0, 0.05) is 0 Å². The van der Waals surface area contributed by atoms with Crippen molar-refractivity contribution < 1.29 is 0 Å². The third kappa shape index (κ3) is 4.35. The van der Waals surface area contributed by atoms with Crippen LogP contribution in [0.25, 0.3) is 0 Å². The van der Waals surface area contributed by atoms with Crippen molar-refractivity contribution in [2.75, 3.05) is 0 Å². The molecule has 0 heterocycles. The second-order valence-corrected chi connectivity index (χ2v) is 3.84. The number of rotatable bonds is 1. The van der Waals surface area contributed by atoms with E-state index in [2.05, 4.69) is 16.8 Å². The fraction of sp³-hybridized carbons (Fsp3) is 0.600. The van der Waals surface area contributed by atoms with E-state index < -0.39 is 0 Å². The minimum absolute atomic E-state index is 0.124. The predicted octanol–water partition coefficient (Wildman–Crippen LogP) is 1.11. The Morgan fingerprint density at radius 1 is 1.67 bits per heavy atom. The van der Waals surface area contributed by atoms with Gasteiger partial charge in [0.15, 0.2) is 0 Å². The van der Waals surface area contributed by atoms with Gasteiger partial charge in [-0.1, -0.05) is 0 Å². The molecule has 0 rings (SSSR count). The first-order chi connectivity index (χ1) is 2.91. The Bertz CT molecular complexity index is 65.7. The van der Waals surface area contributed by atoms with Gasteiger partial charge in [-0.25, -0.2) is 0 Å². The van der Waals surface area contributed by atoms with E-state index in [4.69, 9.17) is 0 Å². The SMILES string of the molecule is CC#C[Te]CC. The summed E-state index contributed by atoms with van der Waals surface area (Å²) in [5.41, 5.74) is 0. The molecule has 0 saturated heterocycles. The van der Waals surface area contributed by atoms with E-state index in [1.807, 2.05) is 6.92 Å². The van der Waals surface area contributed by atoms with Crippen molar-refractivity contribution in [1.29, 1.82) is 0 Å². The van der Waals surface area contributed by atoms with Crippen LogP contribution in [0.1, 0.15) is 13.8 Å². The van der Waals surface area contributed by atoms with Gasteiger partial charge in [-0.15, -0.1) is 0 Å². The topological polar surface area (TPSA) is 0 Å². The molecule has 34 valence electrons. The zero-order valence-electron chi connectivity index (χ0n) is 4.12. The summed E-state index contributed by atoms with van der Waals surface area (Å²) in [6, 6.07) is 0. The molecule has 0 aromatic heterocycles. The fourth-order valence-electron chi connectivity index (χ4n) is 0.144. The minimum atomic E-state index is 0.124. The summed E-state index contributed by atoms with van der Waals surface area (Å²) in [6.45, 7) is 4.09. The quantitative estimate of drug-likeness (QED) is 0.435. The standard InChI is InChI=1S/C5H8Te/c1-3-5-6-4-2/h4H2,1-2H3. The number of hydrogen-bond donors (Lipinski definition) is 0. The Balaban J connectivity index is 2.79. The Morgan fingerprint density at radius 3 is 2.50 bits per heavy atom. The Morgan fingerprint density at radius 2 is 2.33 bits per heavy atom. The third-order valence-electron chi connectivity index (χ3n) is 0.319. The molecular weight excluding hydrogens is 188 g/mol. The van der Waals surface area contributed by atoms with Gasteiger partial charge in [-0.3, -0.25) is 0 Å². The molecular formula is C5H8Te. The Labute approximate surface area is 49.4 Å². The maximum absolute atomic E-state index is 3.08. The summed E-state index contributed by atoms with van der Waals surface area (Å²) >= 11 is 0.124. The molecule has 1 heteroatoms. The van der Waals surface area contributed by atoms with Crippen LogP contribution in [0, 0.1) is 9.89 Å². The normalized spacial score (nSPS) is 6.33. The van der Waals surface area contributed by atoms with Crippen LogP contribution in [0.2, 0.25) is 4.47 Å². The van der Waals surface area contributed by atoms with Crippen molar-refractivity contribution in [3.8, 4) is 9.89 Å². The van der Waals surface area contributed by atoms with Gasteiger partial charge in [0.25, 0.3) is 0 Å². The summed E-state index contributed by atoms with van der Waals surface area (Å²) < 4.78 is 4.39. The third-order valence-corrected chi connectivity index (χ3v) is 2.14. The van der Waals surface area contributed by atoms with E-state index in [0.717, 1.165) is 0 Å². The molecule has 0 amide bonds. The molecule has 0 aliphatic heterocycles. The van der Waals surface area contributed by atoms with E-state index in [1.54, 1.807) is 0 Å². The van der Waals surface area contributed by atoms with E-state index >= 15 is 0 Å². The molecule has 0 N–H and O–H groups in total. The van der Waals surface area contributed by atoms with E-state index in [-0.39, 0.29) is 20.9 Å². The van der Waals surface area contributed by atoms with Gasteiger partial charge in [0.1, 0.15) is 0 Å². The van der Waals surface area contributed by atoms with Gasteiger partial charge < -0.3 is 0 Å². The summed E-state index contributed by atoms with van der Waals surface area (Å²) in [5, 5.41) is 0. The first-order valence-corrected chi connectivity index (χ1v) is 4.76. The van der Waals surface area contributed by atoms with Crippen LogP contribution in [0.4, 0.5) is 0 Å². The molecule has 0 spiro atoms. The predicted molar refractivity (Wildman–Crippen MR) is 29.7 cm³/mol. The maximum atomic E-state index is 3.08. The molecule has 0 aromatic carbocycles. The average Bonchev–Trinajstić information content (AvgIpc) is 1.61. The summed E-state index contributed by atoms with van der Waals surface area (Å²) in [7, 11) is 0.